The lowest BCUT2D eigenvalue weighted by Crippen LogP contribution is -2.30. The Morgan fingerprint density at radius 3 is 0.919 bits per heavy atom. The van der Waals surface area contributed by atoms with E-state index in [1.807, 2.05) is 0 Å². The van der Waals surface area contributed by atoms with E-state index in [2.05, 4.69) is 45.1 Å². The van der Waals surface area contributed by atoms with E-state index in [4.69, 9.17) is 14.2 Å². The van der Waals surface area contributed by atoms with Crippen LogP contribution in [-0.4, -0.2) is 37.2 Å². The van der Waals surface area contributed by atoms with Crippen LogP contribution in [-0.2, 0) is 28.6 Å². The number of carbonyl (C=O) groups excluding carboxylic acids is 3. The molecule has 0 amide bonds. The molecule has 6 nitrogen and oxygen atoms in total. The third kappa shape index (κ3) is 48.9. The highest BCUT2D eigenvalue weighted by atomic mass is 16.6. The molecular formula is C56H104O6. The van der Waals surface area contributed by atoms with E-state index in [0.29, 0.717) is 19.3 Å². The topological polar surface area (TPSA) is 78.9 Å². The minimum absolute atomic E-state index is 0.0705. The normalized spacial score (nSPS) is 12.1. The van der Waals surface area contributed by atoms with Crippen molar-refractivity contribution in [1.29, 1.82) is 0 Å². The minimum atomic E-state index is -0.770. The zero-order valence-corrected chi connectivity index (χ0v) is 41.7. The van der Waals surface area contributed by atoms with Gasteiger partial charge in [0.05, 0.1) is 0 Å². The molecule has 0 heterocycles. The van der Waals surface area contributed by atoms with E-state index in [9.17, 15) is 14.4 Å². The Morgan fingerprint density at radius 1 is 0.323 bits per heavy atom. The largest absolute Gasteiger partial charge is 0.462 e. The number of allylic oxidation sites excluding steroid dienone is 4. The second-order valence-corrected chi connectivity index (χ2v) is 18.5. The molecule has 0 fully saturated rings. The molecule has 0 radical (unpaired) electrons. The molecule has 0 aromatic carbocycles. The molecule has 62 heavy (non-hydrogen) atoms. The van der Waals surface area contributed by atoms with Crippen LogP contribution in [0.1, 0.15) is 297 Å². The number of ether oxygens (including phenoxy) is 3. The maximum absolute atomic E-state index is 12.8. The van der Waals surface area contributed by atoms with Crippen molar-refractivity contribution in [2.45, 2.75) is 303 Å². The molecule has 0 aliphatic rings. The van der Waals surface area contributed by atoms with Crippen LogP contribution in [0.3, 0.4) is 0 Å². The fraction of sp³-hybridized carbons (Fsp3) is 0.875. The van der Waals surface area contributed by atoms with Crippen molar-refractivity contribution >= 4 is 17.9 Å². The maximum atomic E-state index is 12.8. The summed E-state index contributed by atoms with van der Waals surface area (Å²) in [5, 5.41) is 0. The Morgan fingerprint density at radius 2 is 0.581 bits per heavy atom. The lowest BCUT2D eigenvalue weighted by atomic mass is 10.0. The molecular weight excluding hydrogens is 769 g/mol. The Balaban J connectivity index is 4.32. The predicted molar refractivity (Wildman–Crippen MR) is 266 cm³/mol. The second-order valence-electron chi connectivity index (χ2n) is 18.5. The first-order chi connectivity index (χ1) is 30.5. The first-order valence-corrected chi connectivity index (χ1v) is 27.3. The first kappa shape index (κ1) is 59.9. The summed E-state index contributed by atoms with van der Waals surface area (Å²) in [4.78, 5) is 38.0. The molecule has 0 aromatic rings. The van der Waals surface area contributed by atoms with E-state index < -0.39 is 6.10 Å². The average molecular weight is 873 g/mol. The van der Waals surface area contributed by atoms with Crippen LogP contribution in [0.5, 0.6) is 0 Å². The van der Waals surface area contributed by atoms with Gasteiger partial charge in [-0.15, -0.1) is 0 Å². The molecule has 1 atom stereocenters. The molecule has 0 bridgehead atoms. The van der Waals surface area contributed by atoms with Gasteiger partial charge >= 0.3 is 17.9 Å². The Kier molecular flexibility index (Phi) is 49.8. The lowest BCUT2D eigenvalue weighted by Gasteiger charge is -2.18. The lowest BCUT2D eigenvalue weighted by molar-refractivity contribution is -0.167. The van der Waals surface area contributed by atoms with E-state index in [-0.39, 0.29) is 31.1 Å². The van der Waals surface area contributed by atoms with Crippen LogP contribution in [0, 0.1) is 0 Å². The Labute approximate surface area is 385 Å². The molecule has 0 saturated carbocycles. The van der Waals surface area contributed by atoms with Crippen LogP contribution in [0.15, 0.2) is 24.3 Å². The predicted octanol–water partition coefficient (Wildman–Crippen LogP) is 17.9. The van der Waals surface area contributed by atoms with E-state index in [1.165, 1.54) is 180 Å². The standard InChI is InChI=1S/C56H104O6/c1-4-7-10-13-16-19-22-25-27-28-30-32-35-37-40-43-46-49-55(58)61-52-53(62-56(59)50-47-44-41-38-33-24-21-18-15-12-9-6-3)51-60-54(57)48-45-42-39-36-34-31-29-26-23-20-17-14-11-8-5-2/h17,20,26,29,53H,4-16,18-19,21-25,27-28,30-52H2,1-3H3/b20-17-,29-26-/t53-/m1/s1. The summed E-state index contributed by atoms with van der Waals surface area (Å²) < 4.78 is 16.8. The quantitative estimate of drug-likeness (QED) is 0.0262. The number of hydrogen-bond acceptors (Lipinski definition) is 6. The Bertz CT molecular complexity index is 1000. The van der Waals surface area contributed by atoms with Gasteiger partial charge in [0.1, 0.15) is 13.2 Å². The molecule has 0 spiro atoms. The average Bonchev–Trinajstić information content (AvgIpc) is 3.27. The number of carbonyl (C=O) groups is 3. The van der Waals surface area contributed by atoms with Crippen LogP contribution in [0.4, 0.5) is 0 Å². The second kappa shape index (κ2) is 51.5. The van der Waals surface area contributed by atoms with Crippen molar-refractivity contribution in [1.82, 2.24) is 0 Å². The number of rotatable bonds is 50. The van der Waals surface area contributed by atoms with Gasteiger partial charge in [0.2, 0.25) is 0 Å². The number of esters is 3. The Hall–Kier alpha value is -2.11. The van der Waals surface area contributed by atoms with E-state index in [0.717, 1.165) is 77.0 Å². The van der Waals surface area contributed by atoms with Crippen molar-refractivity contribution < 1.29 is 28.6 Å². The van der Waals surface area contributed by atoms with Crippen LogP contribution in [0.2, 0.25) is 0 Å². The molecule has 6 heteroatoms. The highest BCUT2D eigenvalue weighted by Gasteiger charge is 2.19. The summed E-state index contributed by atoms with van der Waals surface area (Å²) in [7, 11) is 0. The van der Waals surface area contributed by atoms with E-state index >= 15 is 0 Å². The summed E-state index contributed by atoms with van der Waals surface area (Å²) in [5.74, 6) is -0.868. The maximum Gasteiger partial charge on any atom is 0.306 e. The fourth-order valence-electron chi connectivity index (χ4n) is 8.06. The fourth-order valence-corrected chi connectivity index (χ4v) is 8.06. The first-order valence-electron chi connectivity index (χ1n) is 27.3. The van der Waals surface area contributed by atoms with Gasteiger partial charge in [-0.3, -0.25) is 14.4 Å². The summed E-state index contributed by atoms with van der Waals surface area (Å²) >= 11 is 0. The number of unbranched alkanes of at least 4 members (excludes halogenated alkanes) is 35. The zero-order chi connectivity index (χ0) is 45.1. The summed E-state index contributed by atoms with van der Waals surface area (Å²) in [6.45, 7) is 6.64. The van der Waals surface area contributed by atoms with Gasteiger partial charge in [-0.2, -0.15) is 0 Å². The van der Waals surface area contributed by atoms with Crippen molar-refractivity contribution in [3.63, 3.8) is 0 Å². The van der Waals surface area contributed by atoms with Gasteiger partial charge in [-0.25, -0.2) is 0 Å². The van der Waals surface area contributed by atoms with Gasteiger partial charge in [0, 0.05) is 19.3 Å². The smallest absolute Gasteiger partial charge is 0.306 e. The van der Waals surface area contributed by atoms with Crippen molar-refractivity contribution in [3.05, 3.63) is 24.3 Å². The molecule has 0 saturated heterocycles. The molecule has 0 aliphatic heterocycles. The monoisotopic (exact) mass is 873 g/mol. The molecule has 0 aliphatic carbocycles. The van der Waals surface area contributed by atoms with Gasteiger partial charge in [-0.1, -0.05) is 251 Å². The highest BCUT2D eigenvalue weighted by molar-refractivity contribution is 5.71. The molecule has 0 aromatic heterocycles. The highest BCUT2D eigenvalue weighted by Crippen LogP contribution is 2.16. The van der Waals surface area contributed by atoms with Crippen molar-refractivity contribution in [3.8, 4) is 0 Å². The minimum Gasteiger partial charge on any atom is -0.462 e. The number of hydrogen-bond donors (Lipinski definition) is 0. The summed E-state index contributed by atoms with van der Waals surface area (Å²) in [6, 6.07) is 0. The summed E-state index contributed by atoms with van der Waals surface area (Å²) in [5.41, 5.74) is 0. The van der Waals surface area contributed by atoms with Crippen molar-refractivity contribution in [2.24, 2.45) is 0 Å². The third-order valence-electron chi connectivity index (χ3n) is 12.2. The van der Waals surface area contributed by atoms with E-state index in [1.54, 1.807) is 0 Å². The summed E-state index contributed by atoms with van der Waals surface area (Å²) in [6.07, 6.45) is 58.7. The molecule has 364 valence electrons. The van der Waals surface area contributed by atoms with Gasteiger partial charge in [0.25, 0.3) is 0 Å². The van der Waals surface area contributed by atoms with Crippen molar-refractivity contribution in [2.75, 3.05) is 13.2 Å². The van der Waals surface area contributed by atoms with Crippen LogP contribution in [0.25, 0.3) is 0 Å². The molecule has 0 rings (SSSR count). The van der Waals surface area contributed by atoms with Crippen LogP contribution < -0.4 is 0 Å². The van der Waals surface area contributed by atoms with Gasteiger partial charge < -0.3 is 14.2 Å². The van der Waals surface area contributed by atoms with Gasteiger partial charge in [-0.05, 0) is 51.4 Å². The SMILES string of the molecule is CCCCC/C=C\C/C=C\CCCCCCCC(=O)OC[C@H](COC(=O)CCCCCCCCCCCCCCCCCCC)OC(=O)CCCCCCCCCCCCCC. The van der Waals surface area contributed by atoms with Crippen LogP contribution >= 0.6 is 0 Å². The third-order valence-corrected chi connectivity index (χ3v) is 12.2. The zero-order valence-electron chi connectivity index (χ0n) is 41.7. The van der Waals surface area contributed by atoms with Gasteiger partial charge in [0.15, 0.2) is 6.10 Å². The molecule has 0 N–H and O–H groups in total. The molecule has 0 unspecified atom stereocenters.